The first-order chi connectivity index (χ1) is 9.70. The Balaban J connectivity index is 1.93. The average molecular weight is 355 g/mol. The van der Waals surface area contributed by atoms with Crippen LogP contribution < -0.4 is 10.6 Å². The molecule has 20 heavy (non-hydrogen) atoms. The number of rotatable bonds is 5. The second-order valence-corrected chi connectivity index (χ2v) is 6.64. The number of hydrogen-bond acceptors (Lipinski definition) is 3. The van der Waals surface area contributed by atoms with Crippen molar-refractivity contribution in [3.63, 3.8) is 0 Å². The zero-order valence-electron chi connectivity index (χ0n) is 11.0. The van der Waals surface area contributed by atoms with Gasteiger partial charge in [0.15, 0.2) is 5.82 Å². The first-order valence-electron chi connectivity index (χ1n) is 6.65. The molecular formula is C15H16BrFN2S. The van der Waals surface area contributed by atoms with E-state index < -0.39 is 0 Å². The van der Waals surface area contributed by atoms with Crippen molar-refractivity contribution in [2.75, 3.05) is 4.90 Å². The Morgan fingerprint density at radius 2 is 2.15 bits per heavy atom. The molecule has 1 aliphatic carbocycles. The van der Waals surface area contributed by atoms with Crippen LogP contribution in [0.4, 0.5) is 10.1 Å². The van der Waals surface area contributed by atoms with Crippen LogP contribution in [0.1, 0.15) is 24.0 Å². The van der Waals surface area contributed by atoms with E-state index in [0.717, 1.165) is 24.9 Å². The molecule has 1 aromatic heterocycles. The highest BCUT2D eigenvalue weighted by molar-refractivity contribution is 9.10. The Morgan fingerprint density at radius 3 is 2.75 bits per heavy atom. The van der Waals surface area contributed by atoms with Crippen molar-refractivity contribution in [2.45, 2.75) is 32.0 Å². The smallest absolute Gasteiger partial charge is 0.160 e. The van der Waals surface area contributed by atoms with Gasteiger partial charge in [0.25, 0.3) is 0 Å². The Labute approximate surface area is 130 Å². The molecule has 2 aromatic rings. The minimum absolute atomic E-state index is 0.199. The SMILES string of the molecule is NCc1ccc(N(Cc2ccsc2)C2CC2)c(F)c1Br. The molecule has 1 aliphatic rings. The molecule has 1 fully saturated rings. The van der Waals surface area contributed by atoms with Crippen LogP contribution in [0.15, 0.2) is 33.4 Å². The number of anilines is 1. The van der Waals surface area contributed by atoms with Gasteiger partial charge in [0.05, 0.1) is 10.2 Å². The van der Waals surface area contributed by atoms with E-state index in [1.54, 1.807) is 11.3 Å². The minimum Gasteiger partial charge on any atom is -0.362 e. The van der Waals surface area contributed by atoms with Gasteiger partial charge in [-0.1, -0.05) is 6.07 Å². The van der Waals surface area contributed by atoms with Gasteiger partial charge in [-0.15, -0.1) is 0 Å². The van der Waals surface area contributed by atoms with E-state index in [2.05, 4.69) is 37.7 Å². The van der Waals surface area contributed by atoms with Crippen LogP contribution in [0.2, 0.25) is 0 Å². The Morgan fingerprint density at radius 1 is 1.35 bits per heavy atom. The van der Waals surface area contributed by atoms with Crippen LogP contribution in [0, 0.1) is 5.82 Å². The number of benzene rings is 1. The summed E-state index contributed by atoms with van der Waals surface area (Å²) in [5.41, 5.74) is 8.33. The molecule has 0 amide bonds. The van der Waals surface area contributed by atoms with Crippen LogP contribution in [0.3, 0.4) is 0 Å². The maximum Gasteiger partial charge on any atom is 0.160 e. The quantitative estimate of drug-likeness (QED) is 0.868. The molecule has 0 spiro atoms. The van der Waals surface area contributed by atoms with Gasteiger partial charge in [-0.2, -0.15) is 11.3 Å². The molecule has 5 heteroatoms. The number of thiophene rings is 1. The molecule has 2 nitrogen and oxygen atoms in total. The van der Waals surface area contributed by atoms with E-state index in [1.165, 1.54) is 5.56 Å². The fourth-order valence-corrected chi connectivity index (χ4v) is 3.49. The van der Waals surface area contributed by atoms with Gasteiger partial charge in [-0.25, -0.2) is 4.39 Å². The predicted molar refractivity (Wildman–Crippen MR) is 85.5 cm³/mol. The maximum atomic E-state index is 14.6. The van der Waals surface area contributed by atoms with Gasteiger partial charge in [-0.3, -0.25) is 0 Å². The van der Waals surface area contributed by atoms with E-state index in [0.29, 0.717) is 22.7 Å². The van der Waals surface area contributed by atoms with Gasteiger partial charge in [0.1, 0.15) is 0 Å². The highest BCUT2D eigenvalue weighted by atomic mass is 79.9. The van der Waals surface area contributed by atoms with Crippen LogP contribution in [-0.2, 0) is 13.1 Å². The topological polar surface area (TPSA) is 29.3 Å². The Hall–Kier alpha value is -0.910. The highest BCUT2D eigenvalue weighted by Gasteiger charge is 2.31. The number of nitrogens with zero attached hydrogens (tertiary/aromatic N) is 1. The standard InChI is InChI=1S/C15H16BrFN2S/c16-14-11(7-18)1-4-13(15(14)17)19(12-2-3-12)8-10-5-6-20-9-10/h1,4-6,9,12H,2-3,7-8,18H2. The summed E-state index contributed by atoms with van der Waals surface area (Å²) >= 11 is 5.00. The zero-order valence-corrected chi connectivity index (χ0v) is 13.4. The molecule has 0 radical (unpaired) electrons. The zero-order chi connectivity index (χ0) is 14.1. The maximum absolute atomic E-state index is 14.6. The van der Waals surface area contributed by atoms with Crippen LogP contribution in [0.25, 0.3) is 0 Å². The molecule has 0 aliphatic heterocycles. The number of nitrogens with two attached hydrogens (primary N) is 1. The van der Waals surface area contributed by atoms with Gasteiger partial charge in [0, 0.05) is 19.1 Å². The first-order valence-corrected chi connectivity index (χ1v) is 8.39. The molecule has 106 valence electrons. The second-order valence-electron chi connectivity index (χ2n) is 5.07. The minimum atomic E-state index is -0.199. The molecule has 2 N–H and O–H groups in total. The predicted octanol–water partition coefficient (Wildman–Crippen LogP) is 4.28. The summed E-state index contributed by atoms with van der Waals surface area (Å²) in [5, 5.41) is 4.18. The Bertz CT molecular complexity index is 596. The molecule has 1 aromatic carbocycles. The lowest BCUT2D eigenvalue weighted by Gasteiger charge is -2.25. The molecule has 0 atom stereocenters. The van der Waals surface area contributed by atoms with Crippen molar-refractivity contribution in [3.05, 3.63) is 50.4 Å². The lowest BCUT2D eigenvalue weighted by Crippen LogP contribution is -2.26. The third-order valence-electron chi connectivity index (χ3n) is 3.59. The fourth-order valence-electron chi connectivity index (χ4n) is 2.34. The van der Waals surface area contributed by atoms with Crippen LogP contribution in [0.5, 0.6) is 0 Å². The summed E-state index contributed by atoms with van der Waals surface area (Å²) in [4.78, 5) is 2.17. The summed E-state index contributed by atoms with van der Waals surface area (Å²) in [5.74, 6) is -0.199. The third-order valence-corrected chi connectivity index (χ3v) is 5.18. The number of hydrogen-bond donors (Lipinski definition) is 1. The summed E-state index contributed by atoms with van der Waals surface area (Å²) in [6, 6.07) is 6.32. The summed E-state index contributed by atoms with van der Waals surface area (Å²) in [6.07, 6.45) is 2.28. The van der Waals surface area contributed by atoms with Gasteiger partial charge < -0.3 is 10.6 Å². The van der Waals surface area contributed by atoms with E-state index in [4.69, 9.17) is 5.73 Å². The van der Waals surface area contributed by atoms with Crippen molar-refractivity contribution >= 4 is 33.0 Å². The van der Waals surface area contributed by atoms with Gasteiger partial charge in [0.2, 0.25) is 0 Å². The Kier molecular flexibility index (Phi) is 4.10. The molecule has 0 saturated heterocycles. The normalized spacial score (nSPS) is 14.6. The first kappa shape index (κ1) is 14.0. The summed E-state index contributed by atoms with van der Waals surface area (Å²) < 4.78 is 15.1. The van der Waals surface area contributed by atoms with Crippen LogP contribution in [-0.4, -0.2) is 6.04 Å². The second kappa shape index (κ2) is 5.84. The van der Waals surface area contributed by atoms with Gasteiger partial charge in [-0.05, 0) is 62.8 Å². The van der Waals surface area contributed by atoms with Crippen molar-refractivity contribution in [2.24, 2.45) is 5.73 Å². The average Bonchev–Trinajstić information content (AvgIpc) is 3.17. The fraction of sp³-hybridized carbons (Fsp3) is 0.333. The largest absolute Gasteiger partial charge is 0.362 e. The van der Waals surface area contributed by atoms with E-state index in [1.807, 2.05) is 12.1 Å². The van der Waals surface area contributed by atoms with E-state index >= 15 is 0 Å². The third kappa shape index (κ3) is 2.75. The van der Waals surface area contributed by atoms with E-state index in [-0.39, 0.29) is 5.82 Å². The molecule has 1 heterocycles. The van der Waals surface area contributed by atoms with Crippen molar-refractivity contribution in [3.8, 4) is 0 Å². The molecular weight excluding hydrogens is 339 g/mol. The summed E-state index contributed by atoms with van der Waals surface area (Å²) in [7, 11) is 0. The van der Waals surface area contributed by atoms with E-state index in [9.17, 15) is 4.39 Å². The lowest BCUT2D eigenvalue weighted by molar-refractivity contribution is 0.606. The molecule has 0 unspecified atom stereocenters. The monoisotopic (exact) mass is 354 g/mol. The highest BCUT2D eigenvalue weighted by Crippen LogP contribution is 2.37. The molecule has 0 bridgehead atoms. The summed E-state index contributed by atoms with van der Waals surface area (Å²) in [6.45, 7) is 1.10. The van der Waals surface area contributed by atoms with Gasteiger partial charge >= 0.3 is 0 Å². The van der Waals surface area contributed by atoms with Crippen molar-refractivity contribution < 1.29 is 4.39 Å². The molecule has 1 saturated carbocycles. The van der Waals surface area contributed by atoms with Crippen LogP contribution >= 0.6 is 27.3 Å². The number of halogens is 2. The van der Waals surface area contributed by atoms with Crippen molar-refractivity contribution in [1.82, 2.24) is 0 Å². The van der Waals surface area contributed by atoms with Crippen molar-refractivity contribution in [1.29, 1.82) is 0 Å². The molecule has 3 rings (SSSR count). The lowest BCUT2D eigenvalue weighted by atomic mass is 10.1.